The predicted octanol–water partition coefficient (Wildman–Crippen LogP) is 3.86. The molecule has 1 aromatic carbocycles. The Kier molecular flexibility index (Phi) is 5.11. The molecular formula is C18H23ClN2O3. The molecular weight excluding hydrogens is 328 g/mol. The topological polar surface area (TPSA) is 55.6 Å². The number of aromatic nitrogens is 1. The van der Waals surface area contributed by atoms with Crippen molar-refractivity contribution in [3.8, 4) is 0 Å². The molecule has 1 aromatic heterocycles. The van der Waals surface area contributed by atoms with E-state index in [-0.39, 0.29) is 23.8 Å². The van der Waals surface area contributed by atoms with E-state index in [0.717, 1.165) is 42.9 Å². The van der Waals surface area contributed by atoms with Gasteiger partial charge in [0, 0.05) is 10.9 Å². The van der Waals surface area contributed by atoms with Crippen LogP contribution in [0.3, 0.4) is 0 Å². The molecule has 0 N–H and O–H groups in total. The third-order valence-corrected chi connectivity index (χ3v) is 4.95. The Bertz CT molecular complexity index is 720. The average molecular weight is 351 g/mol. The molecule has 1 saturated heterocycles. The first-order valence-corrected chi connectivity index (χ1v) is 8.75. The summed E-state index contributed by atoms with van der Waals surface area (Å²) in [6.07, 6.45) is 1.83. The van der Waals surface area contributed by atoms with Gasteiger partial charge >= 0.3 is 5.97 Å². The van der Waals surface area contributed by atoms with Gasteiger partial charge in [-0.2, -0.15) is 0 Å². The van der Waals surface area contributed by atoms with Gasteiger partial charge < -0.3 is 9.15 Å². The van der Waals surface area contributed by atoms with Crippen molar-refractivity contribution in [3.05, 3.63) is 29.1 Å². The van der Waals surface area contributed by atoms with Gasteiger partial charge in [0.1, 0.15) is 11.6 Å². The van der Waals surface area contributed by atoms with Crippen molar-refractivity contribution in [1.29, 1.82) is 0 Å². The van der Waals surface area contributed by atoms with Crippen molar-refractivity contribution in [3.63, 3.8) is 0 Å². The maximum Gasteiger partial charge on any atom is 0.323 e. The van der Waals surface area contributed by atoms with Gasteiger partial charge in [-0.25, -0.2) is 4.98 Å². The third-order valence-electron chi connectivity index (χ3n) is 4.71. The van der Waals surface area contributed by atoms with Crippen LogP contribution in [0.25, 0.3) is 11.1 Å². The molecule has 0 unspecified atom stereocenters. The smallest absolute Gasteiger partial charge is 0.323 e. The lowest BCUT2D eigenvalue weighted by atomic mass is 9.93. The molecule has 6 heteroatoms. The highest BCUT2D eigenvalue weighted by atomic mass is 35.5. The maximum atomic E-state index is 12.0. The molecule has 1 aliphatic heterocycles. The van der Waals surface area contributed by atoms with E-state index >= 15 is 0 Å². The summed E-state index contributed by atoms with van der Waals surface area (Å²) in [4.78, 5) is 18.9. The number of piperidine rings is 1. The zero-order valence-corrected chi connectivity index (χ0v) is 15.0. The fourth-order valence-corrected chi connectivity index (χ4v) is 3.65. The first-order valence-electron chi connectivity index (χ1n) is 8.37. The number of hydrogen-bond acceptors (Lipinski definition) is 5. The number of benzene rings is 1. The van der Waals surface area contributed by atoms with Crippen molar-refractivity contribution in [1.82, 2.24) is 9.88 Å². The van der Waals surface area contributed by atoms with E-state index in [9.17, 15) is 4.79 Å². The minimum Gasteiger partial charge on any atom is -0.468 e. The molecule has 1 atom stereocenters. The van der Waals surface area contributed by atoms with Gasteiger partial charge in [-0.15, -0.1) is 0 Å². The monoisotopic (exact) mass is 350 g/mol. The number of nitrogens with zero attached hydrogens (tertiary/aromatic N) is 2. The number of rotatable bonds is 4. The number of carbonyl (C=O) groups excluding carboxylic acids is 1. The molecule has 0 bridgehead atoms. The molecule has 0 saturated carbocycles. The van der Waals surface area contributed by atoms with Gasteiger partial charge in [-0.3, -0.25) is 9.69 Å². The molecule has 1 aliphatic rings. The summed E-state index contributed by atoms with van der Waals surface area (Å²) >= 11 is 6.01. The van der Waals surface area contributed by atoms with Crippen molar-refractivity contribution < 1.29 is 13.9 Å². The summed E-state index contributed by atoms with van der Waals surface area (Å²) in [5, 5.41) is 0.662. The normalized spacial score (nSPS) is 18.2. The lowest BCUT2D eigenvalue weighted by Crippen LogP contribution is -2.48. The summed E-state index contributed by atoms with van der Waals surface area (Å²) in [7, 11) is 1.45. The van der Waals surface area contributed by atoms with Crippen molar-refractivity contribution in [2.75, 3.05) is 20.2 Å². The average Bonchev–Trinajstić information content (AvgIpc) is 2.98. The number of oxazole rings is 1. The number of ether oxygens (including phenoxy) is 1. The predicted molar refractivity (Wildman–Crippen MR) is 93.2 cm³/mol. The van der Waals surface area contributed by atoms with Crippen LogP contribution in [-0.2, 0) is 9.53 Å². The van der Waals surface area contributed by atoms with Crippen LogP contribution in [0.5, 0.6) is 0 Å². The van der Waals surface area contributed by atoms with Crippen LogP contribution in [0.15, 0.2) is 22.6 Å². The zero-order valence-electron chi connectivity index (χ0n) is 14.3. The summed E-state index contributed by atoms with van der Waals surface area (Å²) in [6, 6.07) is 5.31. The molecule has 130 valence electrons. The summed E-state index contributed by atoms with van der Waals surface area (Å²) in [5.41, 5.74) is 1.57. The van der Waals surface area contributed by atoms with Crippen LogP contribution in [-0.4, -0.2) is 42.1 Å². The largest absolute Gasteiger partial charge is 0.468 e. The zero-order chi connectivity index (χ0) is 17.3. The minimum absolute atomic E-state index is 0.153. The summed E-state index contributed by atoms with van der Waals surface area (Å²) in [6.45, 7) is 5.78. The number of fused-ring (bicyclic) bond motifs is 1. The Labute approximate surface area is 146 Å². The molecule has 2 aromatic rings. The van der Waals surface area contributed by atoms with Crippen molar-refractivity contribution in [2.24, 2.45) is 5.92 Å². The minimum atomic E-state index is -0.182. The van der Waals surface area contributed by atoms with Crippen LogP contribution in [0.4, 0.5) is 0 Å². The Morgan fingerprint density at radius 1 is 1.38 bits per heavy atom. The second-order valence-corrected chi connectivity index (χ2v) is 7.12. The highest BCUT2D eigenvalue weighted by Gasteiger charge is 2.34. The van der Waals surface area contributed by atoms with Crippen LogP contribution in [0, 0.1) is 5.92 Å². The van der Waals surface area contributed by atoms with Gasteiger partial charge in [-0.05, 0) is 50.0 Å². The second-order valence-electron chi connectivity index (χ2n) is 6.69. The highest BCUT2D eigenvalue weighted by Crippen LogP contribution is 2.32. The number of esters is 1. The molecule has 24 heavy (non-hydrogen) atoms. The maximum absolute atomic E-state index is 12.0. The molecule has 5 nitrogen and oxygen atoms in total. The van der Waals surface area contributed by atoms with Crippen molar-refractivity contribution >= 4 is 28.7 Å². The molecule has 3 rings (SSSR count). The number of halogens is 1. The Morgan fingerprint density at radius 2 is 2.08 bits per heavy atom. The Hall–Kier alpha value is -1.59. The van der Waals surface area contributed by atoms with Gasteiger partial charge in [-0.1, -0.05) is 25.4 Å². The summed E-state index contributed by atoms with van der Waals surface area (Å²) in [5.74, 6) is 1.12. The van der Waals surface area contributed by atoms with E-state index in [1.54, 1.807) is 0 Å². The van der Waals surface area contributed by atoms with Gasteiger partial charge in [0.25, 0.3) is 0 Å². The first-order chi connectivity index (χ1) is 11.5. The highest BCUT2D eigenvalue weighted by molar-refractivity contribution is 6.31. The molecule has 1 fully saturated rings. The van der Waals surface area contributed by atoms with Gasteiger partial charge in [0.05, 0.1) is 7.11 Å². The molecule has 0 radical (unpaired) electrons. The summed E-state index contributed by atoms with van der Waals surface area (Å²) < 4.78 is 10.9. The van der Waals surface area contributed by atoms with E-state index in [1.807, 2.05) is 18.2 Å². The fraction of sp³-hybridized carbons (Fsp3) is 0.556. The number of methoxy groups -OCH3 is 1. The lowest BCUT2D eigenvalue weighted by molar-refractivity contribution is -0.149. The SMILES string of the molecule is COC(=O)[C@@H](C(C)C)N1CCC(c2nc3cc(Cl)ccc3o2)CC1. The van der Waals surface area contributed by atoms with Crippen LogP contribution < -0.4 is 0 Å². The van der Waals surface area contributed by atoms with E-state index in [0.29, 0.717) is 5.02 Å². The van der Waals surface area contributed by atoms with E-state index < -0.39 is 0 Å². The lowest BCUT2D eigenvalue weighted by Gasteiger charge is -2.37. The molecule has 2 heterocycles. The fourth-order valence-electron chi connectivity index (χ4n) is 3.48. The van der Waals surface area contributed by atoms with E-state index in [1.165, 1.54) is 7.11 Å². The quantitative estimate of drug-likeness (QED) is 0.784. The number of carbonyl (C=O) groups is 1. The standard InChI is InChI=1S/C18H23ClN2O3/c1-11(2)16(18(22)23-3)21-8-6-12(7-9-21)17-20-14-10-13(19)4-5-15(14)24-17/h4-5,10-12,16H,6-9H2,1-3H3/t16-/m1/s1. The third kappa shape index (κ3) is 3.42. The van der Waals surface area contributed by atoms with Crippen LogP contribution in [0.2, 0.25) is 5.02 Å². The van der Waals surface area contributed by atoms with Crippen LogP contribution >= 0.6 is 11.6 Å². The molecule has 0 spiro atoms. The molecule has 0 aliphatic carbocycles. The Morgan fingerprint density at radius 3 is 2.71 bits per heavy atom. The number of hydrogen-bond donors (Lipinski definition) is 0. The van der Waals surface area contributed by atoms with E-state index in [4.69, 9.17) is 20.8 Å². The van der Waals surface area contributed by atoms with E-state index in [2.05, 4.69) is 23.7 Å². The van der Waals surface area contributed by atoms with Gasteiger partial charge in [0.2, 0.25) is 0 Å². The van der Waals surface area contributed by atoms with Gasteiger partial charge in [0.15, 0.2) is 11.5 Å². The van der Waals surface area contributed by atoms with Crippen molar-refractivity contribution in [2.45, 2.75) is 38.6 Å². The molecule has 0 amide bonds. The second kappa shape index (κ2) is 7.11. The van der Waals surface area contributed by atoms with Crippen LogP contribution in [0.1, 0.15) is 38.5 Å². The first kappa shape index (κ1) is 17.2. The Balaban J connectivity index is 1.70. The number of likely N-dealkylation sites (tertiary alicyclic amines) is 1.